The predicted octanol–water partition coefficient (Wildman–Crippen LogP) is 1.89. The Labute approximate surface area is 142 Å². The van der Waals surface area contributed by atoms with Crippen molar-refractivity contribution in [1.29, 1.82) is 0 Å². The number of benzene rings is 1. The van der Waals surface area contributed by atoms with Gasteiger partial charge in [-0.3, -0.25) is 4.79 Å². The molecular formula is C17H24N6O. The monoisotopic (exact) mass is 328 g/mol. The number of nitrogens with zero attached hydrogens (tertiary/aromatic N) is 5. The van der Waals surface area contributed by atoms with Gasteiger partial charge < -0.3 is 10.2 Å². The lowest BCUT2D eigenvalue weighted by molar-refractivity contribution is -0.131. The molecule has 1 N–H and O–H groups in total. The minimum Gasteiger partial charge on any atom is -0.376 e. The van der Waals surface area contributed by atoms with Crippen LogP contribution < -0.4 is 5.32 Å². The molecule has 7 nitrogen and oxygen atoms in total. The van der Waals surface area contributed by atoms with E-state index in [2.05, 4.69) is 34.7 Å². The zero-order valence-corrected chi connectivity index (χ0v) is 14.4. The van der Waals surface area contributed by atoms with Gasteiger partial charge >= 0.3 is 0 Å². The Kier molecular flexibility index (Phi) is 4.78. The van der Waals surface area contributed by atoms with Gasteiger partial charge in [0.2, 0.25) is 5.91 Å². The van der Waals surface area contributed by atoms with E-state index in [-0.39, 0.29) is 5.91 Å². The van der Waals surface area contributed by atoms with Crippen LogP contribution >= 0.6 is 0 Å². The Morgan fingerprint density at radius 1 is 1.29 bits per heavy atom. The first-order valence-corrected chi connectivity index (χ1v) is 8.40. The fraction of sp³-hybridized carbons (Fsp3) is 0.529. The maximum Gasteiger partial charge on any atom is 0.241 e. The summed E-state index contributed by atoms with van der Waals surface area (Å²) in [7, 11) is 0. The lowest BCUT2D eigenvalue weighted by Crippen LogP contribution is -2.44. The van der Waals surface area contributed by atoms with Crippen LogP contribution in [-0.2, 0) is 4.79 Å². The highest BCUT2D eigenvalue weighted by Crippen LogP contribution is 2.21. The molecule has 1 fully saturated rings. The molecule has 128 valence electrons. The molecule has 0 saturated carbocycles. The summed E-state index contributed by atoms with van der Waals surface area (Å²) in [6.07, 6.45) is 1.20. The number of aryl methyl sites for hydroxylation is 1. The standard InChI is InChI=1S/C17H24N6O/c1-12-7-13(2)11-22(10-12)17(24)9-18-15-5-4-6-16(8-15)23-14(3)19-20-21-23/h4-6,8,12-13,18H,7,9-11H2,1-3H3/t12-,13-/m1/s1. The van der Waals surface area contributed by atoms with Crippen LogP contribution in [0.1, 0.15) is 26.1 Å². The molecule has 1 aliphatic heterocycles. The van der Waals surface area contributed by atoms with Crippen molar-refractivity contribution >= 4 is 11.6 Å². The molecule has 0 radical (unpaired) electrons. The van der Waals surface area contributed by atoms with Gasteiger partial charge in [0.15, 0.2) is 5.82 Å². The molecule has 1 aromatic heterocycles. The number of aromatic nitrogens is 4. The van der Waals surface area contributed by atoms with Crippen LogP contribution in [-0.4, -0.2) is 50.6 Å². The number of carbonyl (C=O) groups is 1. The van der Waals surface area contributed by atoms with Crippen molar-refractivity contribution in [1.82, 2.24) is 25.1 Å². The number of anilines is 1. The van der Waals surface area contributed by atoms with Crippen LogP contribution in [0.4, 0.5) is 5.69 Å². The summed E-state index contributed by atoms with van der Waals surface area (Å²) >= 11 is 0. The Hall–Kier alpha value is -2.44. The number of carbonyl (C=O) groups excluding carboxylic acids is 1. The normalized spacial score (nSPS) is 20.9. The molecule has 0 unspecified atom stereocenters. The molecule has 2 heterocycles. The van der Waals surface area contributed by atoms with Crippen LogP contribution in [0.2, 0.25) is 0 Å². The minimum atomic E-state index is 0.150. The van der Waals surface area contributed by atoms with Crippen LogP contribution in [0.25, 0.3) is 5.69 Å². The number of hydrogen-bond donors (Lipinski definition) is 1. The zero-order chi connectivity index (χ0) is 17.1. The maximum absolute atomic E-state index is 12.5. The largest absolute Gasteiger partial charge is 0.376 e. The smallest absolute Gasteiger partial charge is 0.241 e. The molecule has 2 atom stereocenters. The summed E-state index contributed by atoms with van der Waals surface area (Å²) in [5.74, 6) is 2.02. The van der Waals surface area contributed by atoms with Crippen molar-refractivity contribution in [2.45, 2.75) is 27.2 Å². The SMILES string of the molecule is Cc1nnnn1-c1cccc(NCC(=O)N2C[C@H](C)C[C@@H](C)C2)c1. The zero-order valence-electron chi connectivity index (χ0n) is 14.4. The molecule has 1 aliphatic rings. The first-order valence-electron chi connectivity index (χ1n) is 8.40. The number of amides is 1. The Balaban J connectivity index is 1.62. The van der Waals surface area contributed by atoms with E-state index in [9.17, 15) is 4.79 Å². The van der Waals surface area contributed by atoms with Crippen molar-refractivity contribution in [3.8, 4) is 5.69 Å². The first kappa shape index (κ1) is 16.4. The first-order chi connectivity index (χ1) is 11.5. The lowest BCUT2D eigenvalue weighted by atomic mass is 9.92. The second kappa shape index (κ2) is 6.98. The molecule has 24 heavy (non-hydrogen) atoms. The second-order valence-electron chi connectivity index (χ2n) is 6.79. The molecular weight excluding hydrogens is 304 g/mol. The van der Waals surface area contributed by atoms with E-state index in [0.717, 1.165) is 30.3 Å². The highest BCUT2D eigenvalue weighted by Gasteiger charge is 2.24. The molecule has 3 rings (SSSR count). The number of likely N-dealkylation sites (tertiary alicyclic amines) is 1. The minimum absolute atomic E-state index is 0.150. The van der Waals surface area contributed by atoms with Crippen LogP contribution in [0.3, 0.4) is 0 Å². The molecule has 0 spiro atoms. The summed E-state index contributed by atoms with van der Waals surface area (Å²) in [6.45, 7) is 8.28. The number of hydrogen-bond acceptors (Lipinski definition) is 5. The van der Waals surface area contributed by atoms with Gasteiger partial charge in [-0.25, -0.2) is 0 Å². The van der Waals surface area contributed by atoms with Crippen LogP contribution in [0.5, 0.6) is 0 Å². The van der Waals surface area contributed by atoms with E-state index >= 15 is 0 Å². The number of nitrogens with one attached hydrogen (secondary N) is 1. The van der Waals surface area contributed by atoms with Gasteiger partial charge in [0.1, 0.15) is 0 Å². The van der Waals surface area contributed by atoms with Gasteiger partial charge in [-0.05, 0) is 53.8 Å². The van der Waals surface area contributed by atoms with Crippen molar-refractivity contribution in [2.24, 2.45) is 11.8 Å². The molecule has 7 heteroatoms. The van der Waals surface area contributed by atoms with E-state index in [1.54, 1.807) is 4.68 Å². The number of rotatable bonds is 4. The topological polar surface area (TPSA) is 75.9 Å². The third kappa shape index (κ3) is 3.72. The van der Waals surface area contributed by atoms with E-state index < -0.39 is 0 Å². The van der Waals surface area contributed by atoms with E-state index in [1.165, 1.54) is 6.42 Å². The fourth-order valence-electron chi connectivity index (χ4n) is 3.37. The van der Waals surface area contributed by atoms with Gasteiger partial charge in [-0.15, -0.1) is 5.10 Å². The number of tetrazole rings is 1. The van der Waals surface area contributed by atoms with Crippen molar-refractivity contribution in [3.05, 3.63) is 30.1 Å². The molecule has 1 saturated heterocycles. The average Bonchev–Trinajstić information content (AvgIpc) is 2.98. The van der Waals surface area contributed by atoms with Gasteiger partial charge in [-0.2, -0.15) is 4.68 Å². The Bertz CT molecular complexity index is 703. The van der Waals surface area contributed by atoms with Crippen LogP contribution in [0.15, 0.2) is 24.3 Å². The molecule has 1 aromatic carbocycles. The summed E-state index contributed by atoms with van der Waals surface area (Å²) in [5, 5.41) is 14.7. The third-order valence-electron chi connectivity index (χ3n) is 4.38. The highest BCUT2D eigenvalue weighted by atomic mass is 16.2. The Morgan fingerprint density at radius 2 is 2.04 bits per heavy atom. The van der Waals surface area contributed by atoms with E-state index in [1.807, 2.05) is 36.1 Å². The van der Waals surface area contributed by atoms with Gasteiger partial charge in [0, 0.05) is 18.8 Å². The quantitative estimate of drug-likeness (QED) is 0.927. The molecule has 0 aliphatic carbocycles. The number of piperidine rings is 1. The second-order valence-corrected chi connectivity index (χ2v) is 6.79. The summed E-state index contributed by atoms with van der Waals surface area (Å²) in [4.78, 5) is 14.4. The fourth-order valence-corrected chi connectivity index (χ4v) is 3.37. The summed E-state index contributed by atoms with van der Waals surface area (Å²) < 4.78 is 1.67. The van der Waals surface area contributed by atoms with Gasteiger partial charge in [-0.1, -0.05) is 19.9 Å². The average molecular weight is 328 g/mol. The molecule has 0 bridgehead atoms. The van der Waals surface area contributed by atoms with Gasteiger partial charge in [0.05, 0.1) is 12.2 Å². The maximum atomic E-state index is 12.5. The van der Waals surface area contributed by atoms with Crippen molar-refractivity contribution in [2.75, 3.05) is 25.0 Å². The summed E-state index contributed by atoms with van der Waals surface area (Å²) in [5.41, 5.74) is 1.75. The Morgan fingerprint density at radius 3 is 2.71 bits per heavy atom. The molecule has 1 amide bonds. The van der Waals surface area contributed by atoms with Gasteiger partial charge in [0.25, 0.3) is 0 Å². The van der Waals surface area contributed by atoms with Crippen molar-refractivity contribution in [3.63, 3.8) is 0 Å². The van der Waals surface area contributed by atoms with Crippen molar-refractivity contribution < 1.29 is 4.79 Å². The molecule has 2 aromatic rings. The third-order valence-corrected chi connectivity index (χ3v) is 4.38. The summed E-state index contributed by atoms with van der Waals surface area (Å²) in [6, 6.07) is 7.74. The van der Waals surface area contributed by atoms with E-state index in [4.69, 9.17) is 0 Å². The van der Waals surface area contributed by atoms with E-state index in [0.29, 0.717) is 18.4 Å². The predicted molar refractivity (Wildman–Crippen MR) is 91.9 cm³/mol. The van der Waals surface area contributed by atoms with Crippen LogP contribution in [0, 0.1) is 18.8 Å². The lowest BCUT2D eigenvalue weighted by Gasteiger charge is -2.35. The highest BCUT2D eigenvalue weighted by molar-refractivity contribution is 5.81.